The zero-order chi connectivity index (χ0) is 18.2. The van der Waals surface area contributed by atoms with Gasteiger partial charge in [-0.05, 0) is 12.1 Å². The second-order valence-electron chi connectivity index (χ2n) is 6.08. The zero-order valence-corrected chi connectivity index (χ0v) is 15.0. The maximum Gasteiger partial charge on any atom is 0.163 e. The quantitative estimate of drug-likeness (QED) is 0.717. The van der Waals surface area contributed by atoms with Gasteiger partial charge in [0, 0.05) is 50.4 Å². The molecule has 3 rings (SSSR count). The molecule has 1 aromatic heterocycles. The van der Waals surface area contributed by atoms with Crippen LogP contribution in [0.15, 0.2) is 24.4 Å². The molecular formula is C19H24N4O3. The molecule has 0 amide bonds. The van der Waals surface area contributed by atoms with Crippen molar-refractivity contribution >= 4 is 10.9 Å². The predicted octanol–water partition coefficient (Wildman–Crippen LogP) is 1.42. The third-order valence-corrected chi connectivity index (χ3v) is 4.34. The van der Waals surface area contributed by atoms with E-state index in [1.165, 1.54) is 0 Å². The number of fused-ring (bicyclic) bond motifs is 1. The Kier molecular flexibility index (Phi) is 6.61. The van der Waals surface area contributed by atoms with Crippen LogP contribution in [-0.2, 0) is 4.74 Å². The van der Waals surface area contributed by atoms with Crippen molar-refractivity contribution in [3.8, 4) is 17.6 Å². The second kappa shape index (κ2) is 9.34. The van der Waals surface area contributed by atoms with Gasteiger partial charge in [-0.2, -0.15) is 5.26 Å². The number of hydrogen-bond acceptors (Lipinski definition) is 7. The molecule has 0 radical (unpaired) electrons. The van der Waals surface area contributed by atoms with E-state index < -0.39 is 0 Å². The number of benzene rings is 1. The molecule has 7 nitrogen and oxygen atoms in total. The van der Waals surface area contributed by atoms with E-state index in [0.717, 1.165) is 43.6 Å². The molecule has 0 bridgehead atoms. The molecule has 1 saturated heterocycles. The first-order chi connectivity index (χ1) is 12.8. The van der Waals surface area contributed by atoms with Crippen molar-refractivity contribution in [2.24, 2.45) is 0 Å². The number of nitrogens with one attached hydrogen (secondary N) is 1. The average Bonchev–Trinajstić information content (AvgIpc) is 2.70. The Labute approximate surface area is 153 Å². The van der Waals surface area contributed by atoms with E-state index in [2.05, 4.69) is 21.3 Å². The summed E-state index contributed by atoms with van der Waals surface area (Å²) in [5.74, 6) is 1.25. The third-order valence-electron chi connectivity index (χ3n) is 4.34. The molecule has 26 heavy (non-hydrogen) atoms. The minimum atomic E-state index is 0.444. The summed E-state index contributed by atoms with van der Waals surface area (Å²) >= 11 is 0. The maximum absolute atomic E-state index is 8.98. The van der Waals surface area contributed by atoms with Crippen molar-refractivity contribution in [1.29, 1.82) is 5.26 Å². The highest BCUT2D eigenvalue weighted by Gasteiger charge is 2.10. The molecule has 1 aliphatic rings. The van der Waals surface area contributed by atoms with Gasteiger partial charge in [-0.25, -0.2) is 0 Å². The highest BCUT2D eigenvalue weighted by atomic mass is 16.5. The molecule has 7 heteroatoms. The number of nitriles is 1. The lowest BCUT2D eigenvalue weighted by Crippen LogP contribution is -2.44. The summed E-state index contributed by atoms with van der Waals surface area (Å²) < 4.78 is 16.9. The number of rotatable bonds is 8. The average molecular weight is 356 g/mol. The van der Waals surface area contributed by atoms with Gasteiger partial charge in [0.05, 0.1) is 31.4 Å². The fourth-order valence-corrected chi connectivity index (χ4v) is 2.91. The molecule has 1 aromatic carbocycles. The van der Waals surface area contributed by atoms with Crippen LogP contribution in [0.5, 0.6) is 11.5 Å². The molecule has 2 aromatic rings. The first-order valence-electron chi connectivity index (χ1n) is 8.81. The van der Waals surface area contributed by atoms with E-state index in [9.17, 15) is 0 Å². The third kappa shape index (κ3) is 4.82. The Balaban J connectivity index is 1.49. The summed E-state index contributed by atoms with van der Waals surface area (Å²) in [6.07, 6.45) is 1.55. The first-order valence-corrected chi connectivity index (χ1v) is 8.81. The van der Waals surface area contributed by atoms with Crippen molar-refractivity contribution in [1.82, 2.24) is 15.2 Å². The standard InChI is InChI=1S/C19H24N4O3/c1-24-18-11-16-10-15(13-20)14-22-17(16)12-19(18)26-9-8-25-7-6-23-4-2-21-3-5-23/h10-12,14,21H,2-9H2,1H3. The lowest BCUT2D eigenvalue weighted by molar-refractivity contribution is 0.0761. The maximum atomic E-state index is 8.98. The summed E-state index contributed by atoms with van der Waals surface area (Å²) in [5.41, 5.74) is 1.28. The molecular weight excluding hydrogens is 332 g/mol. The summed E-state index contributed by atoms with van der Waals surface area (Å²) in [6, 6.07) is 7.54. The van der Waals surface area contributed by atoms with Crippen LogP contribution in [0.1, 0.15) is 5.56 Å². The van der Waals surface area contributed by atoms with Crippen LogP contribution >= 0.6 is 0 Å². The number of methoxy groups -OCH3 is 1. The van der Waals surface area contributed by atoms with Crippen molar-refractivity contribution in [3.05, 3.63) is 30.0 Å². The molecule has 0 atom stereocenters. The highest BCUT2D eigenvalue weighted by molar-refractivity contribution is 5.83. The fraction of sp³-hybridized carbons (Fsp3) is 0.474. The Morgan fingerprint density at radius 2 is 2.00 bits per heavy atom. The summed E-state index contributed by atoms with van der Waals surface area (Å²) in [6.45, 7) is 6.88. The van der Waals surface area contributed by atoms with Crippen molar-refractivity contribution in [2.75, 3.05) is 59.7 Å². The van der Waals surface area contributed by atoms with Gasteiger partial charge in [0.1, 0.15) is 12.7 Å². The Morgan fingerprint density at radius 3 is 2.77 bits per heavy atom. The van der Waals surface area contributed by atoms with Gasteiger partial charge in [0.2, 0.25) is 0 Å². The number of ether oxygens (including phenoxy) is 3. The summed E-state index contributed by atoms with van der Waals surface area (Å²) in [4.78, 5) is 6.69. The monoisotopic (exact) mass is 356 g/mol. The van der Waals surface area contributed by atoms with Gasteiger partial charge in [0.25, 0.3) is 0 Å². The molecule has 0 spiro atoms. The number of pyridine rings is 1. The topological polar surface area (TPSA) is 79.6 Å². The van der Waals surface area contributed by atoms with Gasteiger partial charge in [0.15, 0.2) is 11.5 Å². The van der Waals surface area contributed by atoms with Crippen LogP contribution in [0.4, 0.5) is 0 Å². The predicted molar refractivity (Wildman–Crippen MR) is 98.6 cm³/mol. The number of nitrogens with zero attached hydrogens (tertiary/aromatic N) is 3. The van der Waals surface area contributed by atoms with E-state index in [1.807, 2.05) is 12.1 Å². The summed E-state index contributed by atoms with van der Waals surface area (Å²) in [5, 5.41) is 13.2. The Morgan fingerprint density at radius 1 is 1.15 bits per heavy atom. The zero-order valence-electron chi connectivity index (χ0n) is 15.0. The number of piperazine rings is 1. The van der Waals surface area contributed by atoms with Crippen molar-refractivity contribution < 1.29 is 14.2 Å². The van der Waals surface area contributed by atoms with Crippen LogP contribution in [0.25, 0.3) is 10.9 Å². The van der Waals surface area contributed by atoms with Gasteiger partial charge >= 0.3 is 0 Å². The van der Waals surface area contributed by atoms with Crippen LogP contribution in [0, 0.1) is 11.3 Å². The fourth-order valence-electron chi connectivity index (χ4n) is 2.91. The van der Waals surface area contributed by atoms with Crippen molar-refractivity contribution in [3.63, 3.8) is 0 Å². The lowest BCUT2D eigenvalue weighted by Gasteiger charge is -2.26. The van der Waals surface area contributed by atoms with Gasteiger partial charge in [-0.15, -0.1) is 0 Å². The minimum Gasteiger partial charge on any atom is -0.493 e. The first kappa shape index (κ1) is 18.4. The van der Waals surface area contributed by atoms with Gasteiger partial charge in [-0.1, -0.05) is 0 Å². The second-order valence-corrected chi connectivity index (χ2v) is 6.08. The van der Waals surface area contributed by atoms with Gasteiger partial charge < -0.3 is 19.5 Å². The van der Waals surface area contributed by atoms with Crippen LogP contribution in [0.2, 0.25) is 0 Å². The number of aromatic nitrogens is 1. The molecule has 0 aliphatic carbocycles. The molecule has 0 saturated carbocycles. The minimum absolute atomic E-state index is 0.444. The molecule has 0 unspecified atom stereocenters. The number of hydrogen-bond donors (Lipinski definition) is 1. The molecule has 138 valence electrons. The molecule has 1 N–H and O–H groups in total. The lowest BCUT2D eigenvalue weighted by atomic mass is 10.1. The molecule has 2 heterocycles. The largest absolute Gasteiger partial charge is 0.493 e. The van der Waals surface area contributed by atoms with E-state index in [1.54, 1.807) is 19.4 Å². The molecule has 1 aliphatic heterocycles. The summed E-state index contributed by atoms with van der Waals surface area (Å²) in [7, 11) is 1.60. The Hall–Kier alpha value is -2.40. The van der Waals surface area contributed by atoms with Crippen LogP contribution in [0.3, 0.4) is 0 Å². The van der Waals surface area contributed by atoms with Gasteiger partial charge in [-0.3, -0.25) is 9.88 Å². The highest BCUT2D eigenvalue weighted by Crippen LogP contribution is 2.31. The van der Waals surface area contributed by atoms with E-state index in [4.69, 9.17) is 19.5 Å². The van der Waals surface area contributed by atoms with E-state index in [-0.39, 0.29) is 0 Å². The smallest absolute Gasteiger partial charge is 0.163 e. The SMILES string of the molecule is COc1cc2cc(C#N)cnc2cc1OCCOCCN1CCNCC1. The van der Waals surface area contributed by atoms with Crippen LogP contribution < -0.4 is 14.8 Å². The Bertz CT molecular complexity index is 769. The van der Waals surface area contributed by atoms with E-state index in [0.29, 0.717) is 36.9 Å². The van der Waals surface area contributed by atoms with Crippen molar-refractivity contribution in [2.45, 2.75) is 0 Å². The van der Waals surface area contributed by atoms with E-state index >= 15 is 0 Å². The molecule has 1 fully saturated rings. The van der Waals surface area contributed by atoms with Crippen LogP contribution in [-0.4, -0.2) is 69.5 Å². The normalized spacial score (nSPS) is 14.9.